The third-order valence-electron chi connectivity index (χ3n) is 3.14. The number of hydrogen-bond acceptors (Lipinski definition) is 3. The molecule has 3 heteroatoms. The number of aryl methyl sites for hydroxylation is 2. The number of nitriles is 1. The minimum atomic E-state index is 0.0787. The Morgan fingerprint density at radius 2 is 1.85 bits per heavy atom. The molecule has 0 aliphatic heterocycles. The van der Waals surface area contributed by atoms with E-state index in [-0.39, 0.29) is 6.61 Å². The van der Waals surface area contributed by atoms with Gasteiger partial charge in [-0.2, -0.15) is 5.26 Å². The first-order chi connectivity index (χ1) is 9.69. The van der Waals surface area contributed by atoms with Gasteiger partial charge >= 0.3 is 0 Å². The van der Waals surface area contributed by atoms with Gasteiger partial charge in [0.25, 0.3) is 0 Å². The topological polar surface area (TPSA) is 45.0 Å². The molecular formula is C17H18N2O. The lowest BCUT2D eigenvalue weighted by Crippen LogP contribution is -2.01. The van der Waals surface area contributed by atoms with Crippen LogP contribution >= 0.6 is 0 Å². The van der Waals surface area contributed by atoms with E-state index in [0.717, 1.165) is 12.2 Å². The highest BCUT2D eigenvalue weighted by molar-refractivity contribution is 5.47. The van der Waals surface area contributed by atoms with E-state index >= 15 is 0 Å². The Morgan fingerprint density at radius 3 is 2.50 bits per heavy atom. The predicted molar refractivity (Wildman–Crippen MR) is 80.8 cm³/mol. The monoisotopic (exact) mass is 266 g/mol. The lowest BCUT2D eigenvalue weighted by atomic mass is 10.1. The zero-order valence-corrected chi connectivity index (χ0v) is 11.8. The number of rotatable bonds is 5. The van der Waals surface area contributed by atoms with E-state index in [2.05, 4.69) is 37.4 Å². The Balaban J connectivity index is 1.95. The van der Waals surface area contributed by atoms with Gasteiger partial charge in [0, 0.05) is 12.2 Å². The van der Waals surface area contributed by atoms with Crippen LogP contribution in [-0.2, 0) is 6.54 Å². The van der Waals surface area contributed by atoms with Crippen LogP contribution in [0.2, 0.25) is 0 Å². The fourth-order valence-corrected chi connectivity index (χ4v) is 2.03. The summed E-state index contributed by atoms with van der Waals surface area (Å²) in [5.74, 6) is 0.712. The molecule has 2 aromatic rings. The van der Waals surface area contributed by atoms with Gasteiger partial charge in [0.2, 0.25) is 0 Å². The van der Waals surface area contributed by atoms with E-state index in [1.165, 1.54) is 16.7 Å². The molecule has 0 spiro atoms. The summed E-state index contributed by atoms with van der Waals surface area (Å²) in [5.41, 5.74) is 4.91. The number of nitrogens with zero attached hydrogens (tertiary/aromatic N) is 1. The van der Waals surface area contributed by atoms with Crippen molar-refractivity contribution in [2.45, 2.75) is 20.4 Å². The molecule has 0 aliphatic rings. The van der Waals surface area contributed by atoms with Crippen LogP contribution in [-0.4, -0.2) is 6.61 Å². The van der Waals surface area contributed by atoms with Crippen molar-refractivity contribution in [2.24, 2.45) is 0 Å². The summed E-state index contributed by atoms with van der Waals surface area (Å²) in [6, 6.07) is 16.1. The van der Waals surface area contributed by atoms with E-state index < -0.39 is 0 Å². The molecule has 102 valence electrons. The summed E-state index contributed by atoms with van der Waals surface area (Å²) in [6.07, 6.45) is 0. The highest BCUT2D eigenvalue weighted by Gasteiger charge is 1.99. The largest absolute Gasteiger partial charge is 0.479 e. The van der Waals surface area contributed by atoms with Crippen molar-refractivity contribution < 1.29 is 4.74 Å². The summed E-state index contributed by atoms with van der Waals surface area (Å²) in [4.78, 5) is 0. The Labute approximate surface area is 119 Å². The number of nitrogens with one attached hydrogen (secondary N) is 1. The molecule has 0 bridgehead atoms. The van der Waals surface area contributed by atoms with Crippen molar-refractivity contribution in [1.82, 2.24) is 0 Å². The second kappa shape index (κ2) is 6.63. The van der Waals surface area contributed by atoms with E-state index in [9.17, 15) is 0 Å². The molecule has 0 aromatic heterocycles. The van der Waals surface area contributed by atoms with Gasteiger partial charge in [-0.25, -0.2) is 0 Å². The molecule has 0 fully saturated rings. The second-order valence-corrected chi connectivity index (χ2v) is 4.75. The molecule has 20 heavy (non-hydrogen) atoms. The molecule has 0 heterocycles. The Bertz CT molecular complexity index is 612. The van der Waals surface area contributed by atoms with Crippen LogP contribution in [0.4, 0.5) is 5.69 Å². The lowest BCUT2D eigenvalue weighted by molar-refractivity contribution is 0.368. The molecule has 3 nitrogen and oxygen atoms in total. The fourth-order valence-electron chi connectivity index (χ4n) is 2.03. The summed E-state index contributed by atoms with van der Waals surface area (Å²) in [6.45, 7) is 5.10. The molecule has 2 aromatic carbocycles. The first kappa shape index (κ1) is 14.0. The van der Waals surface area contributed by atoms with Crippen LogP contribution in [0.1, 0.15) is 16.7 Å². The standard InChI is InChI=1S/C17H18N2O/c1-13-3-4-15(14(2)11-13)12-19-16-5-7-17(8-6-16)20-10-9-18/h3-8,11,19H,10,12H2,1-2H3. The molecule has 2 rings (SSSR count). The lowest BCUT2D eigenvalue weighted by Gasteiger charge is -2.10. The molecule has 0 amide bonds. The van der Waals surface area contributed by atoms with Crippen LogP contribution in [0.5, 0.6) is 5.75 Å². The Morgan fingerprint density at radius 1 is 1.10 bits per heavy atom. The van der Waals surface area contributed by atoms with E-state index in [4.69, 9.17) is 10.00 Å². The number of hydrogen-bond donors (Lipinski definition) is 1. The van der Waals surface area contributed by atoms with Crippen LogP contribution in [0.25, 0.3) is 0 Å². The van der Waals surface area contributed by atoms with Crippen LogP contribution < -0.4 is 10.1 Å². The van der Waals surface area contributed by atoms with Crippen molar-refractivity contribution in [2.75, 3.05) is 11.9 Å². The minimum absolute atomic E-state index is 0.0787. The van der Waals surface area contributed by atoms with E-state index in [1.54, 1.807) is 0 Å². The van der Waals surface area contributed by atoms with Gasteiger partial charge in [0.1, 0.15) is 11.8 Å². The summed E-state index contributed by atoms with van der Waals surface area (Å²) in [5, 5.41) is 11.8. The molecule has 0 atom stereocenters. The third-order valence-corrected chi connectivity index (χ3v) is 3.14. The minimum Gasteiger partial charge on any atom is -0.479 e. The third kappa shape index (κ3) is 3.76. The van der Waals surface area contributed by atoms with Crippen LogP contribution in [0.3, 0.4) is 0 Å². The fraction of sp³-hybridized carbons (Fsp3) is 0.235. The van der Waals surface area contributed by atoms with Crippen LogP contribution in [0.15, 0.2) is 42.5 Å². The van der Waals surface area contributed by atoms with Crippen molar-refractivity contribution in [3.05, 3.63) is 59.2 Å². The van der Waals surface area contributed by atoms with Crippen molar-refractivity contribution in [1.29, 1.82) is 5.26 Å². The zero-order valence-electron chi connectivity index (χ0n) is 11.8. The second-order valence-electron chi connectivity index (χ2n) is 4.75. The number of benzene rings is 2. The van der Waals surface area contributed by atoms with Gasteiger partial charge in [-0.05, 0) is 49.2 Å². The average Bonchev–Trinajstić information content (AvgIpc) is 2.45. The van der Waals surface area contributed by atoms with Crippen molar-refractivity contribution in [3.63, 3.8) is 0 Å². The Kier molecular flexibility index (Phi) is 4.62. The molecule has 1 N–H and O–H groups in total. The SMILES string of the molecule is Cc1ccc(CNc2ccc(OCC#N)cc2)c(C)c1. The molecule has 0 radical (unpaired) electrons. The zero-order chi connectivity index (χ0) is 14.4. The summed E-state index contributed by atoms with van der Waals surface area (Å²) >= 11 is 0. The van der Waals surface area contributed by atoms with E-state index in [0.29, 0.717) is 5.75 Å². The average molecular weight is 266 g/mol. The maximum atomic E-state index is 8.45. The predicted octanol–water partition coefficient (Wildman–Crippen LogP) is 3.82. The van der Waals surface area contributed by atoms with Gasteiger partial charge in [-0.1, -0.05) is 23.8 Å². The van der Waals surface area contributed by atoms with Crippen LogP contribution in [0, 0.1) is 25.2 Å². The molecule has 0 saturated heterocycles. The van der Waals surface area contributed by atoms with Gasteiger partial charge in [-0.3, -0.25) is 0 Å². The molecule has 0 unspecified atom stereocenters. The van der Waals surface area contributed by atoms with Gasteiger partial charge in [0.05, 0.1) is 0 Å². The molecule has 0 saturated carbocycles. The normalized spacial score (nSPS) is 9.85. The smallest absolute Gasteiger partial charge is 0.174 e. The maximum Gasteiger partial charge on any atom is 0.174 e. The van der Waals surface area contributed by atoms with Crippen molar-refractivity contribution in [3.8, 4) is 11.8 Å². The highest BCUT2D eigenvalue weighted by Crippen LogP contribution is 2.17. The number of anilines is 1. The van der Waals surface area contributed by atoms with E-state index in [1.807, 2.05) is 30.3 Å². The summed E-state index contributed by atoms with van der Waals surface area (Å²) < 4.78 is 5.22. The maximum absolute atomic E-state index is 8.45. The van der Waals surface area contributed by atoms with Gasteiger partial charge in [-0.15, -0.1) is 0 Å². The molecule has 0 aliphatic carbocycles. The highest BCUT2D eigenvalue weighted by atomic mass is 16.5. The van der Waals surface area contributed by atoms with Gasteiger partial charge in [0.15, 0.2) is 6.61 Å². The molecular weight excluding hydrogens is 248 g/mol. The quantitative estimate of drug-likeness (QED) is 0.894. The Hall–Kier alpha value is -2.47. The van der Waals surface area contributed by atoms with Gasteiger partial charge < -0.3 is 10.1 Å². The first-order valence-corrected chi connectivity index (χ1v) is 6.59. The first-order valence-electron chi connectivity index (χ1n) is 6.59. The number of ether oxygens (including phenoxy) is 1. The van der Waals surface area contributed by atoms with Crippen molar-refractivity contribution >= 4 is 5.69 Å². The summed E-state index contributed by atoms with van der Waals surface area (Å²) in [7, 11) is 0.